The van der Waals surface area contributed by atoms with E-state index in [1.54, 1.807) is 0 Å². The van der Waals surface area contributed by atoms with Crippen LogP contribution in [0.2, 0.25) is 0 Å². The Morgan fingerprint density at radius 1 is 1.33 bits per heavy atom. The van der Waals surface area contributed by atoms with Crippen LogP contribution in [0.5, 0.6) is 0 Å². The van der Waals surface area contributed by atoms with Crippen molar-refractivity contribution in [1.29, 1.82) is 0 Å². The first kappa shape index (κ1) is 16.3. The topological polar surface area (TPSA) is 64.3 Å². The van der Waals surface area contributed by atoms with Crippen LogP contribution in [-0.4, -0.2) is 47.7 Å². The van der Waals surface area contributed by atoms with Crippen LogP contribution in [0.25, 0.3) is 0 Å². The van der Waals surface area contributed by atoms with Gasteiger partial charge in [0, 0.05) is 24.5 Å². The second-order valence-corrected chi connectivity index (χ2v) is 6.03. The lowest BCUT2D eigenvalue weighted by molar-refractivity contribution is -0.0327. The monoisotopic (exact) mass is 292 g/mol. The summed E-state index contributed by atoms with van der Waals surface area (Å²) < 4.78 is 5.86. The molecule has 2 rings (SSSR count). The highest BCUT2D eigenvalue weighted by atomic mass is 16.5. The molecule has 0 bridgehead atoms. The number of likely N-dealkylation sites (N-methyl/N-ethyl adjacent to an activating group) is 1. The SMILES string of the molecule is CCN1CCOC(c2nc(C)c(CC(C)CN)c(C)n2)C1. The molecular formula is C16H28N4O. The Kier molecular flexibility index (Phi) is 5.67. The third-order valence-electron chi connectivity index (χ3n) is 4.28. The van der Waals surface area contributed by atoms with E-state index in [-0.39, 0.29) is 6.10 Å². The van der Waals surface area contributed by atoms with Gasteiger partial charge in [0.15, 0.2) is 5.82 Å². The van der Waals surface area contributed by atoms with Crippen LogP contribution in [0.1, 0.15) is 42.7 Å². The molecule has 1 aliphatic heterocycles. The molecule has 0 aliphatic carbocycles. The Labute approximate surface area is 127 Å². The third kappa shape index (κ3) is 3.99. The van der Waals surface area contributed by atoms with Crippen LogP contribution < -0.4 is 5.73 Å². The first-order valence-electron chi connectivity index (χ1n) is 7.93. The van der Waals surface area contributed by atoms with Gasteiger partial charge in [-0.15, -0.1) is 0 Å². The smallest absolute Gasteiger partial charge is 0.158 e. The van der Waals surface area contributed by atoms with Gasteiger partial charge in [0.25, 0.3) is 0 Å². The number of nitrogens with zero attached hydrogens (tertiary/aromatic N) is 3. The molecule has 0 radical (unpaired) electrons. The quantitative estimate of drug-likeness (QED) is 0.893. The zero-order valence-electron chi connectivity index (χ0n) is 13.7. The Morgan fingerprint density at radius 2 is 2.00 bits per heavy atom. The number of rotatable bonds is 5. The molecule has 2 unspecified atom stereocenters. The highest BCUT2D eigenvalue weighted by molar-refractivity contribution is 5.25. The second-order valence-electron chi connectivity index (χ2n) is 6.03. The van der Waals surface area contributed by atoms with E-state index < -0.39 is 0 Å². The first-order chi connectivity index (χ1) is 10.0. The van der Waals surface area contributed by atoms with Crippen molar-refractivity contribution in [2.75, 3.05) is 32.8 Å². The molecule has 5 nitrogen and oxygen atoms in total. The first-order valence-corrected chi connectivity index (χ1v) is 7.93. The van der Waals surface area contributed by atoms with E-state index in [2.05, 4.69) is 32.6 Å². The van der Waals surface area contributed by atoms with Gasteiger partial charge in [-0.1, -0.05) is 13.8 Å². The fraction of sp³-hybridized carbons (Fsp3) is 0.750. The van der Waals surface area contributed by atoms with Gasteiger partial charge in [-0.25, -0.2) is 9.97 Å². The number of aromatic nitrogens is 2. The molecule has 118 valence electrons. The summed E-state index contributed by atoms with van der Waals surface area (Å²) >= 11 is 0. The molecule has 1 fully saturated rings. The van der Waals surface area contributed by atoms with E-state index in [1.165, 1.54) is 5.56 Å². The predicted molar refractivity (Wildman–Crippen MR) is 84.2 cm³/mol. The van der Waals surface area contributed by atoms with Gasteiger partial charge in [0.2, 0.25) is 0 Å². The number of morpholine rings is 1. The molecule has 2 N–H and O–H groups in total. The maximum atomic E-state index is 5.86. The number of aryl methyl sites for hydroxylation is 2. The molecule has 0 saturated carbocycles. The molecule has 0 amide bonds. The van der Waals surface area contributed by atoms with E-state index in [0.717, 1.165) is 49.9 Å². The van der Waals surface area contributed by atoms with Gasteiger partial charge in [-0.05, 0) is 44.8 Å². The number of ether oxygens (including phenoxy) is 1. The van der Waals surface area contributed by atoms with Crippen molar-refractivity contribution in [2.24, 2.45) is 11.7 Å². The molecule has 0 aromatic carbocycles. The molecule has 1 aliphatic rings. The minimum atomic E-state index is -0.00270. The van der Waals surface area contributed by atoms with Gasteiger partial charge in [0.1, 0.15) is 6.10 Å². The zero-order valence-corrected chi connectivity index (χ0v) is 13.7. The fourth-order valence-electron chi connectivity index (χ4n) is 2.78. The van der Waals surface area contributed by atoms with E-state index in [9.17, 15) is 0 Å². The number of nitrogens with two attached hydrogens (primary N) is 1. The highest BCUT2D eigenvalue weighted by Gasteiger charge is 2.24. The van der Waals surface area contributed by atoms with Crippen molar-refractivity contribution in [2.45, 2.75) is 40.2 Å². The molecule has 5 heteroatoms. The summed E-state index contributed by atoms with van der Waals surface area (Å²) in [5.74, 6) is 1.28. The van der Waals surface area contributed by atoms with E-state index in [1.807, 2.05) is 0 Å². The van der Waals surface area contributed by atoms with Crippen molar-refractivity contribution >= 4 is 0 Å². The summed E-state index contributed by atoms with van der Waals surface area (Å²) in [6, 6.07) is 0. The van der Waals surface area contributed by atoms with Gasteiger partial charge < -0.3 is 10.5 Å². The lowest BCUT2D eigenvalue weighted by Gasteiger charge is -2.31. The van der Waals surface area contributed by atoms with Crippen LogP contribution in [0, 0.1) is 19.8 Å². The van der Waals surface area contributed by atoms with Crippen LogP contribution in [-0.2, 0) is 11.2 Å². The Balaban J connectivity index is 2.19. The lowest BCUT2D eigenvalue weighted by atomic mass is 9.99. The maximum absolute atomic E-state index is 5.86. The fourth-order valence-corrected chi connectivity index (χ4v) is 2.78. The van der Waals surface area contributed by atoms with Gasteiger partial charge in [0.05, 0.1) is 6.61 Å². The van der Waals surface area contributed by atoms with E-state index >= 15 is 0 Å². The Hall–Kier alpha value is -1.04. The standard InChI is InChI=1S/C16H28N4O/c1-5-20-6-7-21-15(10-20)16-18-12(3)14(13(4)19-16)8-11(2)9-17/h11,15H,5-10,17H2,1-4H3. The van der Waals surface area contributed by atoms with Crippen molar-refractivity contribution in [3.63, 3.8) is 0 Å². The summed E-state index contributed by atoms with van der Waals surface area (Å²) in [5, 5.41) is 0. The number of hydrogen-bond acceptors (Lipinski definition) is 5. The summed E-state index contributed by atoms with van der Waals surface area (Å²) in [4.78, 5) is 11.8. The summed E-state index contributed by atoms with van der Waals surface area (Å²) in [6.07, 6.45) is 0.943. The second kappa shape index (κ2) is 7.29. The van der Waals surface area contributed by atoms with Crippen molar-refractivity contribution in [3.05, 3.63) is 22.8 Å². The molecule has 1 saturated heterocycles. The van der Waals surface area contributed by atoms with Crippen LogP contribution in [0.15, 0.2) is 0 Å². The van der Waals surface area contributed by atoms with Gasteiger partial charge in [-0.2, -0.15) is 0 Å². The van der Waals surface area contributed by atoms with Gasteiger partial charge >= 0.3 is 0 Å². The van der Waals surface area contributed by atoms with Crippen molar-refractivity contribution in [1.82, 2.24) is 14.9 Å². The average molecular weight is 292 g/mol. The average Bonchev–Trinajstić information content (AvgIpc) is 2.50. The molecule has 1 aromatic rings. The molecule has 1 aromatic heterocycles. The molecular weight excluding hydrogens is 264 g/mol. The molecule has 2 heterocycles. The zero-order chi connectivity index (χ0) is 15.4. The van der Waals surface area contributed by atoms with E-state index in [0.29, 0.717) is 12.5 Å². The van der Waals surface area contributed by atoms with Crippen LogP contribution >= 0.6 is 0 Å². The minimum absolute atomic E-state index is 0.00270. The largest absolute Gasteiger partial charge is 0.368 e. The summed E-state index contributed by atoms with van der Waals surface area (Å²) in [7, 11) is 0. The lowest BCUT2D eigenvalue weighted by Crippen LogP contribution is -2.38. The third-order valence-corrected chi connectivity index (χ3v) is 4.28. The van der Waals surface area contributed by atoms with Crippen LogP contribution in [0.3, 0.4) is 0 Å². The predicted octanol–water partition coefficient (Wildman–Crippen LogP) is 1.62. The molecule has 2 atom stereocenters. The summed E-state index contributed by atoms with van der Waals surface area (Å²) in [6.45, 7) is 12.8. The molecule has 0 spiro atoms. The Bertz CT molecular complexity index is 454. The van der Waals surface area contributed by atoms with Crippen molar-refractivity contribution < 1.29 is 4.74 Å². The summed E-state index contributed by atoms with van der Waals surface area (Å²) in [5.41, 5.74) is 9.10. The van der Waals surface area contributed by atoms with E-state index in [4.69, 9.17) is 20.4 Å². The minimum Gasteiger partial charge on any atom is -0.368 e. The maximum Gasteiger partial charge on any atom is 0.158 e. The van der Waals surface area contributed by atoms with Crippen molar-refractivity contribution in [3.8, 4) is 0 Å². The Morgan fingerprint density at radius 3 is 2.57 bits per heavy atom. The number of hydrogen-bond donors (Lipinski definition) is 1. The highest BCUT2D eigenvalue weighted by Crippen LogP contribution is 2.22. The van der Waals surface area contributed by atoms with Gasteiger partial charge in [-0.3, -0.25) is 4.90 Å². The normalized spacial score (nSPS) is 21.5. The van der Waals surface area contributed by atoms with Crippen LogP contribution in [0.4, 0.5) is 0 Å². The molecule has 21 heavy (non-hydrogen) atoms.